The molecule has 1 aliphatic heterocycles. The van der Waals surface area contributed by atoms with E-state index in [0.29, 0.717) is 35.8 Å². The van der Waals surface area contributed by atoms with Crippen LogP contribution >= 0.6 is 0 Å². The summed E-state index contributed by atoms with van der Waals surface area (Å²) in [5, 5.41) is 9.57. The SMILES string of the molecule is CCCCCCCOc1ccc(/C=C2/C(=O)N(CCCOC(C)=O)C(=O)C(C#N)=C2C)cc1OCC. The Morgan fingerprint density at radius 2 is 1.75 bits per heavy atom. The van der Waals surface area contributed by atoms with Gasteiger partial charge in [0.25, 0.3) is 11.8 Å². The molecule has 1 heterocycles. The number of ether oxygens (including phenoxy) is 3. The van der Waals surface area contributed by atoms with E-state index in [2.05, 4.69) is 6.92 Å². The van der Waals surface area contributed by atoms with Crippen LogP contribution < -0.4 is 9.47 Å². The third-order valence-electron chi connectivity index (χ3n) is 5.74. The molecule has 0 fully saturated rings. The molecule has 0 N–H and O–H groups in total. The van der Waals surface area contributed by atoms with E-state index in [4.69, 9.17) is 14.2 Å². The van der Waals surface area contributed by atoms with Crippen LogP contribution in [-0.2, 0) is 19.1 Å². The number of unbranched alkanes of at least 4 members (excludes halogenated alkanes) is 4. The molecule has 0 bridgehead atoms. The summed E-state index contributed by atoms with van der Waals surface area (Å²) in [4.78, 5) is 37.9. The number of rotatable bonds is 14. The van der Waals surface area contributed by atoms with E-state index >= 15 is 0 Å². The summed E-state index contributed by atoms with van der Waals surface area (Å²) in [5.41, 5.74) is 1.18. The number of hydrogen-bond donors (Lipinski definition) is 0. The molecule has 0 aliphatic carbocycles. The van der Waals surface area contributed by atoms with Crippen molar-refractivity contribution >= 4 is 23.9 Å². The fourth-order valence-electron chi connectivity index (χ4n) is 3.83. The second-order valence-electron chi connectivity index (χ2n) is 8.53. The number of imide groups is 1. The van der Waals surface area contributed by atoms with Gasteiger partial charge in [0.05, 0.1) is 19.8 Å². The molecule has 1 aromatic carbocycles. The van der Waals surface area contributed by atoms with E-state index in [0.717, 1.165) is 17.7 Å². The molecule has 8 heteroatoms. The van der Waals surface area contributed by atoms with Crippen LogP contribution in [0.15, 0.2) is 34.9 Å². The summed E-state index contributed by atoms with van der Waals surface area (Å²) >= 11 is 0. The van der Waals surface area contributed by atoms with Crippen LogP contribution in [-0.4, -0.2) is 49.0 Å². The smallest absolute Gasteiger partial charge is 0.302 e. The molecule has 0 saturated carbocycles. The van der Waals surface area contributed by atoms with Crippen molar-refractivity contribution in [2.45, 2.75) is 66.2 Å². The van der Waals surface area contributed by atoms with Gasteiger partial charge in [0.2, 0.25) is 0 Å². The van der Waals surface area contributed by atoms with Gasteiger partial charge < -0.3 is 14.2 Å². The first-order valence-electron chi connectivity index (χ1n) is 12.6. The number of hydrogen-bond acceptors (Lipinski definition) is 7. The Bertz CT molecular complexity index is 1050. The summed E-state index contributed by atoms with van der Waals surface area (Å²) in [5.74, 6) is -0.367. The molecule has 1 aromatic rings. The van der Waals surface area contributed by atoms with Gasteiger partial charge in [0.1, 0.15) is 11.6 Å². The van der Waals surface area contributed by atoms with Crippen LogP contribution in [0.5, 0.6) is 11.5 Å². The molecule has 0 aromatic heterocycles. The average molecular weight is 497 g/mol. The Hall–Kier alpha value is -3.60. The van der Waals surface area contributed by atoms with Gasteiger partial charge in [-0.1, -0.05) is 38.7 Å². The number of esters is 1. The first kappa shape index (κ1) is 28.6. The van der Waals surface area contributed by atoms with Crippen molar-refractivity contribution in [3.8, 4) is 17.6 Å². The Balaban J connectivity index is 2.25. The summed E-state index contributed by atoms with van der Waals surface area (Å²) in [6, 6.07) is 7.34. The first-order chi connectivity index (χ1) is 17.3. The fraction of sp³-hybridized carbons (Fsp3) is 0.500. The minimum atomic E-state index is -0.641. The lowest BCUT2D eigenvalue weighted by Gasteiger charge is -2.27. The van der Waals surface area contributed by atoms with E-state index in [-0.39, 0.29) is 30.7 Å². The van der Waals surface area contributed by atoms with Crippen LogP contribution in [0, 0.1) is 11.3 Å². The highest BCUT2D eigenvalue weighted by atomic mass is 16.5. The van der Waals surface area contributed by atoms with Gasteiger partial charge >= 0.3 is 5.97 Å². The van der Waals surface area contributed by atoms with Crippen LogP contribution in [0.1, 0.15) is 71.8 Å². The monoisotopic (exact) mass is 496 g/mol. The molecule has 8 nitrogen and oxygen atoms in total. The number of nitriles is 1. The number of benzene rings is 1. The summed E-state index contributed by atoms with van der Waals surface area (Å²) in [7, 11) is 0. The van der Waals surface area contributed by atoms with Crippen LogP contribution in [0.2, 0.25) is 0 Å². The van der Waals surface area contributed by atoms with Gasteiger partial charge in [-0.2, -0.15) is 5.26 Å². The van der Waals surface area contributed by atoms with E-state index in [9.17, 15) is 19.6 Å². The third-order valence-corrected chi connectivity index (χ3v) is 5.74. The zero-order chi connectivity index (χ0) is 26.5. The molecule has 36 heavy (non-hydrogen) atoms. The number of nitrogens with zero attached hydrogens (tertiary/aromatic N) is 2. The number of carbonyl (C=O) groups is 3. The predicted octanol–water partition coefficient (Wildman–Crippen LogP) is 4.98. The Kier molecular flexibility index (Phi) is 11.7. The molecular formula is C28H36N2O6. The highest BCUT2D eigenvalue weighted by Crippen LogP contribution is 2.32. The van der Waals surface area contributed by atoms with Gasteiger partial charge in [-0.05, 0) is 56.0 Å². The maximum Gasteiger partial charge on any atom is 0.302 e. The van der Waals surface area contributed by atoms with Gasteiger partial charge in [0, 0.05) is 19.0 Å². The fourth-order valence-corrected chi connectivity index (χ4v) is 3.83. The largest absolute Gasteiger partial charge is 0.490 e. The Labute approximate surface area is 213 Å². The van der Waals surface area contributed by atoms with Crippen molar-refractivity contribution in [3.63, 3.8) is 0 Å². The van der Waals surface area contributed by atoms with Crippen molar-refractivity contribution in [2.24, 2.45) is 0 Å². The Morgan fingerprint density at radius 1 is 1.00 bits per heavy atom. The zero-order valence-electron chi connectivity index (χ0n) is 21.7. The van der Waals surface area contributed by atoms with Crippen LogP contribution in [0.25, 0.3) is 6.08 Å². The zero-order valence-corrected chi connectivity index (χ0v) is 21.7. The van der Waals surface area contributed by atoms with Crippen LogP contribution in [0.3, 0.4) is 0 Å². The first-order valence-corrected chi connectivity index (χ1v) is 12.6. The summed E-state index contributed by atoms with van der Waals surface area (Å²) in [6.45, 7) is 8.12. The standard InChI is InChI=1S/C28H36N2O6/c1-5-7-8-9-10-15-36-25-13-12-22(18-26(25)34-6-2)17-23-20(3)24(19-29)28(33)30(27(23)32)14-11-16-35-21(4)31/h12-13,17-18H,5-11,14-16H2,1-4H3/b23-17+. The minimum Gasteiger partial charge on any atom is -0.490 e. The quantitative estimate of drug-likeness (QED) is 0.155. The third kappa shape index (κ3) is 7.98. The molecule has 0 radical (unpaired) electrons. The number of amides is 2. The molecule has 0 saturated heterocycles. The van der Waals surface area contributed by atoms with Crippen molar-refractivity contribution in [1.82, 2.24) is 4.90 Å². The lowest BCUT2D eigenvalue weighted by Crippen LogP contribution is -2.43. The predicted molar refractivity (Wildman–Crippen MR) is 136 cm³/mol. The van der Waals surface area contributed by atoms with E-state index in [1.165, 1.54) is 26.2 Å². The maximum atomic E-state index is 13.2. The van der Waals surface area contributed by atoms with Crippen LogP contribution in [0.4, 0.5) is 0 Å². The number of carbonyl (C=O) groups excluding carboxylic acids is 3. The summed E-state index contributed by atoms with van der Waals surface area (Å²) in [6.07, 6.45) is 7.63. The molecule has 0 spiro atoms. The average Bonchev–Trinajstić information content (AvgIpc) is 2.85. The summed E-state index contributed by atoms with van der Waals surface area (Å²) < 4.78 is 16.6. The van der Waals surface area contributed by atoms with E-state index < -0.39 is 17.8 Å². The molecule has 0 atom stereocenters. The van der Waals surface area contributed by atoms with Crippen molar-refractivity contribution in [2.75, 3.05) is 26.4 Å². The van der Waals surface area contributed by atoms with Gasteiger partial charge in [-0.3, -0.25) is 19.3 Å². The van der Waals surface area contributed by atoms with Gasteiger partial charge in [-0.15, -0.1) is 0 Å². The Morgan fingerprint density at radius 3 is 2.42 bits per heavy atom. The lowest BCUT2D eigenvalue weighted by molar-refractivity contribution is -0.141. The topological polar surface area (TPSA) is 106 Å². The minimum absolute atomic E-state index is 0.0377. The molecular weight excluding hydrogens is 460 g/mol. The molecule has 2 rings (SSSR count). The molecule has 1 aliphatic rings. The second kappa shape index (κ2) is 14.7. The van der Waals surface area contributed by atoms with Crippen molar-refractivity contribution < 1.29 is 28.6 Å². The highest BCUT2D eigenvalue weighted by Gasteiger charge is 2.35. The molecule has 0 unspecified atom stereocenters. The van der Waals surface area contributed by atoms with Crippen molar-refractivity contribution in [3.05, 3.63) is 40.5 Å². The van der Waals surface area contributed by atoms with Crippen molar-refractivity contribution in [1.29, 1.82) is 5.26 Å². The van der Waals surface area contributed by atoms with E-state index in [1.54, 1.807) is 19.1 Å². The van der Waals surface area contributed by atoms with Gasteiger partial charge in [-0.25, -0.2) is 0 Å². The highest BCUT2D eigenvalue weighted by molar-refractivity contribution is 6.19. The van der Waals surface area contributed by atoms with Gasteiger partial charge in [0.15, 0.2) is 11.5 Å². The lowest BCUT2D eigenvalue weighted by atomic mass is 9.93. The van der Waals surface area contributed by atoms with E-state index in [1.807, 2.05) is 25.1 Å². The molecule has 194 valence electrons. The second-order valence-corrected chi connectivity index (χ2v) is 8.53. The molecule has 2 amide bonds. The maximum absolute atomic E-state index is 13.2. The normalized spacial score (nSPS) is 14.8.